The van der Waals surface area contributed by atoms with Gasteiger partial charge >= 0.3 is 0 Å². The van der Waals surface area contributed by atoms with Gasteiger partial charge in [0.1, 0.15) is 0 Å². The average Bonchev–Trinajstić information content (AvgIpc) is 2.40. The summed E-state index contributed by atoms with van der Waals surface area (Å²) in [5.74, 6) is 0.0542. The summed E-state index contributed by atoms with van der Waals surface area (Å²) in [4.78, 5) is 15.3. The fraction of sp³-hybridized carbons (Fsp3) is 0.357. The lowest BCUT2D eigenvalue weighted by Gasteiger charge is -2.29. The van der Waals surface area contributed by atoms with Crippen molar-refractivity contribution in [3.05, 3.63) is 39.9 Å². The minimum Gasteiger partial charge on any atom is -0.334 e. The molecule has 0 radical (unpaired) electrons. The molecule has 0 aromatic heterocycles. The molecule has 1 aromatic carbocycles. The van der Waals surface area contributed by atoms with Crippen LogP contribution in [0.5, 0.6) is 0 Å². The number of carbonyl (C=O) groups is 1. The molecule has 5 heteroatoms. The highest BCUT2D eigenvalue weighted by atomic mass is 35.5. The third-order valence-corrected chi connectivity index (χ3v) is 4.03. The van der Waals surface area contributed by atoms with Crippen LogP contribution in [0, 0.1) is 0 Å². The molecule has 19 heavy (non-hydrogen) atoms. The molecule has 0 atom stereocenters. The number of carbonyl (C=O) groups excluding carboxylic acids is 1. The van der Waals surface area contributed by atoms with Crippen molar-refractivity contribution in [3.63, 3.8) is 0 Å². The summed E-state index contributed by atoms with van der Waals surface area (Å²) in [6, 6.07) is 5.32. The summed E-state index contributed by atoms with van der Waals surface area (Å²) < 4.78 is 0. The van der Waals surface area contributed by atoms with Gasteiger partial charge in [-0.25, -0.2) is 0 Å². The summed E-state index contributed by atoms with van der Waals surface area (Å²) >= 11 is 11.8. The van der Waals surface area contributed by atoms with E-state index in [-0.39, 0.29) is 5.91 Å². The lowest BCUT2D eigenvalue weighted by Crippen LogP contribution is -3.12. The second-order valence-electron chi connectivity index (χ2n) is 4.79. The third kappa shape index (κ3) is 3.96. The van der Waals surface area contributed by atoms with Crippen LogP contribution in [0.2, 0.25) is 10.0 Å². The molecule has 1 saturated heterocycles. The average molecular weight is 300 g/mol. The Hall–Kier alpha value is -1.03. The second-order valence-corrected chi connectivity index (χ2v) is 5.60. The Morgan fingerprint density at radius 2 is 1.95 bits per heavy atom. The van der Waals surface area contributed by atoms with Crippen molar-refractivity contribution >= 4 is 35.2 Å². The van der Waals surface area contributed by atoms with Crippen molar-refractivity contribution < 1.29 is 9.69 Å². The van der Waals surface area contributed by atoms with Gasteiger partial charge in [-0.1, -0.05) is 29.3 Å². The first-order chi connectivity index (χ1) is 9.06. The van der Waals surface area contributed by atoms with Crippen molar-refractivity contribution in [3.8, 4) is 0 Å². The van der Waals surface area contributed by atoms with E-state index in [2.05, 4.69) is 7.05 Å². The van der Waals surface area contributed by atoms with Crippen molar-refractivity contribution in [1.29, 1.82) is 0 Å². The number of quaternary nitrogens is 1. The molecule has 102 valence electrons. The smallest absolute Gasteiger partial charge is 0.246 e. The van der Waals surface area contributed by atoms with Crippen molar-refractivity contribution in [2.45, 2.75) is 0 Å². The predicted molar refractivity (Wildman–Crippen MR) is 78.7 cm³/mol. The van der Waals surface area contributed by atoms with Crippen LogP contribution in [0.1, 0.15) is 5.56 Å². The standard InChI is InChI=1S/C14H16Cl2N2O/c1-17-6-8-18(9-7-17)14(19)5-3-11-2-4-12(15)13(16)10-11/h2-5,10H,6-9H2,1H3/p+1/b5-3+. The fourth-order valence-corrected chi connectivity index (χ4v) is 2.30. The number of benzene rings is 1. The molecule has 0 bridgehead atoms. The zero-order chi connectivity index (χ0) is 13.8. The fourth-order valence-electron chi connectivity index (χ4n) is 2.00. The maximum absolute atomic E-state index is 12.0. The predicted octanol–water partition coefficient (Wildman–Crippen LogP) is 1.36. The molecule has 0 unspecified atom stereocenters. The molecule has 1 fully saturated rings. The lowest BCUT2D eigenvalue weighted by molar-refractivity contribution is -0.883. The molecular formula is C14H17Cl2N2O+. The molecule has 0 aliphatic carbocycles. The van der Waals surface area contributed by atoms with Gasteiger partial charge in [0.25, 0.3) is 0 Å². The van der Waals surface area contributed by atoms with Gasteiger partial charge in [0.2, 0.25) is 5.91 Å². The number of nitrogens with one attached hydrogen (secondary N) is 1. The zero-order valence-corrected chi connectivity index (χ0v) is 12.3. The summed E-state index contributed by atoms with van der Waals surface area (Å²) in [5, 5.41) is 1.02. The van der Waals surface area contributed by atoms with Gasteiger partial charge in [0.15, 0.2) is 0 Å². The minimum atomic E-state index is 0.0542. The molecule has 3 nitrogen and oxygen atoms in total. The van der Waals surface area contributed by atoms with Crippen molar-refractivity contribution in [2.75, 3.05) is 33.2 Å². The van der Waals surface area contributed by atoms with Gasteiger partial charge in [-0.05, 0) is 23.8 Å². The van der Waals surface area contributed by atoms with Crippen LogP contribution in [-0.2, 0) is 4.79 Å². The maximum Gasteiger partial charge on any atom is 0.246 e. The van der Waals surface area contributed by atoms with E-state index in [1.807, 2.05) is 11.0 Å². The van der Waals surface area contributed by atoms with Crippen molar-refractivity contribution in [1.82, 2.24) is 4.90 Å². The molecule has 0 saturated carbocycles. The van der Waals surface area contributed by atoms with Crippen LogP contribution in [0.3, 0.4) is 0 Å². The van der Waals surface area contributed by atoms with Gasteiger partial charge in [-0.15, -0.1) is 0 Å². The Balaban J connectivity index is 1.98. The van der Waals surface area contributed by atoms with E-state index in [4.69, 9.17) is 23.2 Å². The molecule has 0 spiro atoms. The Kier molecular flexibility index (Phi) is 4.86. The van der Waals surface area contributed by atoms with Gasteiger partial charge in [-0.3, -0.25) is 4.79 Å². The SMILES string of the molecule is C[NH+]1CCN(C(=O)/C=C/c2ccc(Cl)c(Cl)c2)CC1. The van der Waals surface area contributed by atoms with Gasteiger partial charge in [0.05, 0.1) is 43.3 Å². The zero-order valence-electron chi connectivity index (χ0n) is 10.8. The summed E-state index contributed by atoms with van der Waals surface area (Å²) in [5.41, 5.74) is 0.877. The highest BCUT2D eigenvalue weighted by Gasteiger charge is 2.19. The van der Waals surface area contributed by atoms with Crippen LogP contribution in [-0.4, -0.2) is 44.0 Å². The number of hydrogen-bond donors (Lipinski definition) is 1. The number of hydrogen-bond acceptors (Lipinski definition) is 1. The van der Waals surface area contributed by atoms with Gasteiger partial charge in [0, 0.05) is 6.08 Å². The summed E-state index contributed by atoms with van der Waals surface area (Å²) in [7, 11) is 2.15. The molecule has 2 rings (SSSR count). The third-order valence-electron chi connectivity index (χ3n) is 3.29. The molecule has 1 aliphatic rings. The quantitative estimate of drug-likeness (QED) is 0.820. The largest absolute Gasteiger partial charge is 0.334 e. The van der Waals surface area contributed by atoms with E-state index in [1.165, 1.54) is 4.90 Å². The van der Waals surface area contributed by atoms with Crippen LogP contribution >= 0.6 is 23.2 Å². The Bertz CT molecular complexity index is 494. The minimum absolute atomic E-state index is 0.0542. The highest BCUT2D eigenvalue weighted by molar-refractivity contribution is 6.42. The normalized spacial score (nSPS) is 17.1. The second kappa shape index (κ2) is 6.42. The van der Waals surface area contributed by atoms with E-state index in [1.54, 1.807) is 24.3 Å². The first-order valence-corrected chi connectivity index (χ1v) is 7.05. The molecular weight excluding hydrogens is 283 g/mol. The van der Waals surface area contributed by atoms with Crippen molar-refractivity contribution in [2.24, 2.45) is 0 Å². The Labute approximate surface area is 123 Å². The van der Waals surface area contributed by atoms with E-state index in [0.717, 1.165) is 31.7 Å². The van der Waals surface area contributed by atoms with Crippen LogP contribution in [0.25, 0.3) is 6.08 Å². The number of nitrogens with zero attached hydrogens (tertiary/aromatic N) is 1. The van der Waals surface area contributed by atoms with Crippen LogP contribution in [0.4, 0.5) is 0 Å². The van der Waals surface area contributed by atoms with E-state index < -0.39 is 0 Å². The van der Waals surface area contributed by atoms with Gasteiger partial charge < -0.3 is 9.80 Å². The Morgan fingerprint density at radius 3 is 2.58 bits per heavy atom. The number of amides is 1. The summed E-state index contributed by atoms with van der Waals surface area (Å²) in [6.07, 6.45) is 3.37. The molecule has 1 N–H and O–H groups in total. The molecule has 1 aromatic rings. The van der Waals surface area contributed by atoms with E-state index >= 15 is 0 Å². The topological polar surface area (TPSA) is 24.8 Å². The van der Waals surface area contributed by atoms with Crippen LogP contribution < -0.4 is 4.90 Å². The monoisotopic (exact) mass is 299 g/mol. The van der Waals surface area contributed by atoms with Crippen LogP contribution in [0.15, 0.2) is 24.3 Å². The molecule has 1 aliphatic heterocycles. The first kappa shape index (κ1) is 14.4. The lowest BCUT2D eigenvalue weighted by atomic mass is 10.2. The van der Waals surface area contributed by atoms with Gasteiger partial charge in [-0.2, -0.15) is 0 Å². The Morgan fingerprint density at radius 1 is 1.26 bits per heavy atom. The first-order valence-electron chi connectivity index (χ1n) is 6.29. The number of piperazine rings is 1. The molecule has 1 amide bonds. The summed E-state index contributed by atoms with van der Waals surface area (Å²) in [6.45, 7) is 3.64. The molecule has 1 heterocycles. The maximum atomic E-state index is 12.0. The number of halogens is 2. The van der Waals surface area contributed by atoms with E-state index in [9.17, 15) is 4.79 Å². The number of likely N-dealkylation sites (N-methyl/N-ethyl adjacent to an activating group) is 1. The highest BCUT2D eigenvalue weighted by Crippen LogP contribution is 2.23. The van der Waals surface area contributed by atoms with E-state index in [0.29, 0.717) is 10.0 Å². The number of rotatable bonds is 2.